The number of fused-ring (bicyclic) bond motifs is 1. The van der Waals surface area contributed by atoms with Crippen molar-refractivity contribution in [3.8, 4) is 22.3 Å². The summed E-state index contributed by atoms with van der Waals surface area (Å²) >= 11 is 0. The number of nitrogens with zero attached hydrogens (tertiary/aromatic N) is 2. The Morgan fingerprint density at radius 2 is 1.20 bits per heavy atom. The molecule has 4 heteroatoms. The van der Waals surface area contributed by atoms with Gasteiger partial charge in [0.2, 0.25) is 0 Å². The van der Waals surface area contributed by atoms with Crippen LogP contribution in [0.3, 0.4) is 0 Å². The molecule has 0 spiro atoms. The van der Waals surface area contributed by atoms with Gasteiger partial charge in [0.1, 0.15) is 16.8 Å². The summed E-state index contributed by atoms with van der Waals surface area (Å²) in [5.41, 5.74) is 16.4. The first kappa shape index (κ1) is 53.7. The maximum atomic E-state index is 6.34. The lowest BCUT2D eigenvalue weighted by molar-refractivity contribution is 0.521. The average molecular weight is 1030 g/mol. The predicted octanol–water partition coefficient (Wildman–Crippen LogP) is 19.1. The highest BCUT2D eigenvalue weighted by molar-refractivity contribution is 5.89. The van der Waals surface area contributed by atoms with E-state index in [1.807, 2.05) is 97.2 Å². The zero-order valence-corrected chi connectivity index (χ0v) is 45.1. The Balaban J connectivity index is 1.09. The molecule has 0 bridgehead atoms. The van der Waals surface area contributed by atoms with Crippen molar-refractivity contribution in [2.24, 2.45) is 5.41 Å². The molecule has 1 aliphatic carbocycles. The summed E-state index contributed by atoms with van der Waals surface area (Å²) in [6.45, 7) is 34.9. The van der Waals surface area contributed by atoms with Crippen LogP contribution in [0.4, 0.5) is 11.4 Å². The standard InChI is InChI=1S/C75H64N2O2/c1-10-26-69-68(11-2)72(13-4)79-73(69)52-57-27-25-49-76(71(12-3)62(38-36-57)39-40-64-34-24-33-63-32-18-14-15-23-50-78-74(63)64)55(6)51-70-56(7)65(53-75(70,8)9)37-35-54(5)77(66-45-41-60(42-46-66)58-28-19-16-20-29-58)67-47-43-61(44-48-67)59-30-21-17-22-31-59/h10-53H,1-7H2,8-9H3/b15-14?,32-18?,37-35-,38-36?,40-39+,49-25?,50-23?,57-27?,69-26-,70-51+,71-62?,73-52-. The average Bonchev–Trinajstić information content (AvgIpc) is 4.04. The molecule has 3 aromatic heterocycles. The lowest BCUT2D eigenvalue weighted by Gasteiger charge is -2.26. The number of hydrogen-bond donors (Lipinski definition) is 0. The summed E-state index contributed by atoms with van der Waals surface area (Å²) in [5.74, 6) is 0.632. The first-order valence-electron chi connectivity index (χ1n) is 26.2. The lowest BCUT2D eigenvalue weighted by Crippen LogP contribution is -2.21. The topological polar surface area (TPSA) is 34.5 Å². The van der Waals surface area contributed by atoms with Crippen molar-refractivity contribution in [2.45, 2.75) is 13.8 Å². The fourth-order valence-electron chi connectivity index (χ4n) is 9.85. The van der Waals surface area contributed by atoms with Gasteiger partial charge in [0.15, 0.2) is 0 Å². The smallest absolute Gasteiger partial charge is 0.140 e. The Kier molecular flexibility index (Phi) is 16.8. The summed E-state index contributed by atoms with van der Waals surface area (Å²) < 4.78 is 14.6. The molecule has 0 saturated carbocycles. The molecular formula is C75H64N2O2. The molecule has 4 nitrogen and oxygen atoms in total. The quantitative estimate of drug-likeness (QED) is 0.0905. The van der Waals surface area contributed by atoms with Crippen molar-refractivity contribution in [3.63, 3.8) is 0 Å². The maximum Gasteiger partial charge on any atom is 0.140 e. The number of furan rings is 1. The molecular weight excluding hydrogens is 961 g/mol. The van der Waals surface area contributed by atoms with E-state index in [0.717, 1.165) is 106 Å². The molecule has 0 radical (unpaired) electrons. The second kappa shape index (κ2) is 24.7. The first-order chi connectivity index (χ1) is 38.5. The van der Waals surface area contributed by atoms with Gasteiger partial charge in [0.25, 0.3) is 0 Å². The fraction of sp³-hybridized carbons (Fsp3) is 0.0400. The van der Waals surface area contributed by atoms with E-state index in [1.165, 1.54) is 0 Å². The largest absolute Gasteiger partial charge is 0.464 e. The van der Waals surface area contributed by atoms with Crippen LogP contribution in [-0.2, 0) is 0 Å². The SMILES string of the molecule is C=C/C=c1/c(C=C)c(C=C)o/c1=C\c1cccn(C(=C)/C=C2\C(=C)C(/C=C\C(=C)N(c3ccc(-c4ccccc4)cc3)c3ccc(-c4ccccc4)cc3)=CC2(C)C)c(C=C)c(/C=C/c2cccc3ccccccoc23)cc1. The normalized spacial score (nSPS) is 13.8. The monoisotopic (exact) mass is 1020 g/mol. The van der Waals surface area contributed by atoms with Crippen LogP contribution in [-0.4, -0.2) is 4.57 Å². The first-order valence-corrected chi connectivity index (χ1v) is 26.2. The van der Waals surface area contributed by atoms with Gasteiger partial charge < -0.3 is 18.3 Å². The second-order valence-electron chi connectivity index (χ2n) is 19.5. The molecule has 3 heterocycles. The fourth-order valence-corrected chi connectivity index (χ4v) is 9.85. The van der Waals surface area contributed by atoms with Gasteiger partial charge in [-0.1, -0.05) is 248 Å². The van der Waals surface area contributed by atoms with Crippen LogP contribution in [0.15, 0.2) is 302 Å². The maximum absolute atomic E-state index is 6.34. The van der Waals surface area contributed by atoms with Crippen LogP contribution in [0, 0.1) is 5.41 Å². The van der Waals surface area contributed by atoms with Crippen LogP contribution in [0.25, 0.3) is 81.5 Å². The van der Waals surface area contributed by atoms with Gasteiger partial charge in [0, 0.05) is 56.1 Å². The number of hydrogen-bond acceptors (Lipinski definition) is 3. The predicted molar refractivity (Wildman–Crippen MR) is 340 cm³/mol. The molecule has 9 rings (SSSR count). The number of rotatable bonds is 16. The van der Waals surface area contributed by atoms with Crippen LogP contribution in [0.5, 0.6) is 0 Å². The summed E-state index contributed by atoms with van der Waals surface area (Å²) in [6, 6.07) is 62.3. The Bertz CT molecular complexity index is 3940. The molecule has 79 heavy (non-hydrogen) atoms. The summed E-state index contributed by atoms with van der Waals surface area (Å²) in [6.07, 6.45) is 27.5. The zero-order valence-electron chi connectivity index (χ0n) is 45.1. The van der Waals surface area contributed by atoms with Gasteiger partial charge in [0.05, 0.1) is 12.0 Å². The Hall–Kier alpha value is -10.2. The van der Waals surface area contributed by atoms with E-state index in [9.17, 15) is 0 Å². The summed E-state index contributed by atoms with van der Waals surface area (Å²) in [4.78, 5) is 2.19. The van der Waals surface area contributed by atoms with E-state index < -0.39 is 5.41 Å². The zero-order chi connectivity index (χ0) is 55.3. The lowest BCUT2D eigenvalue weighted by atomic mass is 9.85. The number of aromatic nitrogens is 1. The molecule has 0 unspecified atom stereocenters. The minimum atomic E-state index is -0.396. The Labute approximate surface area is 465 Å². The van der Waals surface area contributed by atoms with Crippen molar-refractivity contribution in [3.05, 3.63) is 338 Å². The number of allylic oxidation sites excluding steroid dienone is 9. The number of para-hydroxylation sites is 1. The van der Waals surface area contributed by atoms with Gasteiger partial charge in [-0.05, 0) is 117 Å². The molecule has 0 aliphatic heterocycles. The van der Waals surface area contributed by atoms with Gasteiger partial charge in [-0.25, -0.2) is 0 Å². The van der Waals surface area contributed by atoms with E-state index in [-0.39, 0.29) is 0 Å². The summed E-state index contributed by atoms with van der Waals surface area (Å²) in [5, 5.41) is 1.82. The van der Waals surface area contributed by atoms with Crippen molar-refractivity contribution in [1.82, 2.24) is 4.57 Å². The van der Waals surface area contributed by atoms with Crippen molar-refractivity contribution < 1.29 is 8.83 Å². The Morgan fingerprint density at radius 1 is 0.595 bits per heavy atom. The van der Waals surface area contributed by atoms with E-state index >= 15 is 0 Å². The minimum Gasteiger partial charge on any atom is -0.464 e. The third-order valence-corrected chi connectivity index (χ3v) is 13.8. The van der Waals surface area contributed by atoms with Gasteiger partial charge in [-0.2, -0.15) is 0 Å². The molecule has 0 atom stereocenters. The Morgan fingerprint density at radius 3 is 1.84 bits per heavy atom. The van der Waals surface area contributed by atoms with E-state index in [1.54, 1.807) is 24.5 Å². The molecule has 0 saturated heterocycles. The highest BCUT2D eigenvalue weighted by Crippen LogP contribution is 2.45. The number of anilines is 2. The van der Waals surface area contributed by atoms with E-state index in [2.05, 4.69) is 202 Å². The highest BCUT2D eigenvalue weighted by atomic mass is 16.3. The third kappa shape index (κ3) is 12.3. The van der Waals surface area contributed by atoms with Crippen LogP contribution in [0.1, 0.15) is 47.6 Å². The van der Waals surface area contributed by atoms with Crippen molar-refractivity contribution >= 4 is 70.6 Å². The van der Waals surface area contributed by atoms with Gasteiger partial charge in [-0.15, -0.1) is 0 Å². The molecule has 386 valence electrons. The van der Waals surface area contributed by atoms with Crippen LogP contribution in [0.2, 0.25) is 0 Å². The molecule has 8 aromatic rings. The minimum absolute atomic E-state index is 0.396. The van der Waals surface area contributed by atoms with Gasteiger partial charge >= 0.3 is 0 Å². The molecule has 0 fully saturated rings. The molecule has 1 aliphatic rings. The third-order valence-electron chi connectivity index (χ3n) is 13.8. The summed E-state index contributed by atoms with van der Waals surface area (Å²) in [7, 11) is 0. The van der Waals surface area contributed by atoms with Crippen molar-refractivity contribution in [1.29, 1.82) is 0 Å². The van der Waals surface area contributed by atoms with Crippen LogP contribution >= 0.6 is 0 Å². The van der Waals surface area contributed by atoms with Gasteiger partial charge in [-0.3, -0.25) is 0 Å². The number of benzene rings is 5. The van der Waals surface area contributed by atoms with E-state index in [0.29, 0.717) is 11.2 Å². The van der Waals surface area contributed by atoms with E-state index in [4.69, 9.17) is 22.0 Å². The molecule has 5 aromatic carbocycles. The second-order valence-corrected chi connectivity index (χ2v) is 19.5. The molecule has 0 amide bonds. The van der Waals surface area contributed by atoms with Crippen LogP contribution < -0.4 is 15.5 Å². The molecule has 0 N–H and O–H groups in total. The highest BCUT2D eigenvalue weighted by Gasteiger charge is 2.31. The van der Waals surface area contributed by atoms with Crippen molar-refractivity contribution in [2.75, 3.05) is 4.90 Å².